The number of carbonyl (C=O) groups excluding carboxylic acids is 1. The first kappa shape index (κ1) is 26.7. The SMILES string of the molecule is COCC(=O)N1CCN(Cc2cccc(OCCn3cc(C)cn3)c2)CC(O)(COc2ccccc2)C1. The summed E-state index contributed by atoms with van der Waals surface area (Å²) in [5.41, 5.74) is 0.942. The summed E-state index contributed by atoms with van der Waals surface area (Å²) >= 11 is 0. The summed E-state index contributed by atoms with van der Waals surface area (Å²) in [4.78, 5) is 16.4. The lowest BCUT2D eigenvalue weighted by atomic mass is 10.0. The van der Waals surface area contributed by atoms with E-state index in [0.717, 1.165) is 16.9 Å². The maximum Gasteiger partial charge on any atom is 0.248 e. The van der Waals surface area contributed by atoms with Gasteiger partial charge in [-0.15, -0.1) is 0 Å². The normalized spacial score (nSPS) is 18.4. The number of para-hydroxylation sites is 1. The van der Waals surface area contributed by atoms with E-state index in [1.54, 1.807) is 4.90 Å². The lowest BCUT2D eigenvalue weighted by Gasteiger charge is -2.33. The van der Waals surface area contributed by atoms with Crippen LogP contribution in [0, 0.1) is 6.92 Å². The molecule has 0 bridgehead atoms. The van der Waals surface area contributed by atoms with Gasteiger partial charge in [-0.25, -0.2) is 0 Å². The van der Waals surface area contributed by atoms with Crippen molar-refractivity contribution < 1.29 is 24.1 Å². The van der Waals surface area contributed by atoms with Crippen molar-refractivity contribution in [3.63, 3.8) is 0 Å². The molecule has 9 heteroatoms. The molecule has 1 aliphatic heterocycles. The van der Waals surface area contributed by atoms with Gasteiger partial charge in [-0.3, -0.25) is 14.4 Å². The monoisotopic (exact) mass is 508 g/mol. The molecule has 198 valence electrons. The molecular weight excluding hydrogens is 472 g/mol. The molecule has 3 aromatic rings. The predicted molar refractivity (Wildman–Crippen MR) is 140 cm³/mol. The third-order valence-corrected chi connectivity index (χ3v) is 6.22. The Morgan fingerprint density at radius 1 is 1.05 bits per heavy atom. The van der Waals surface area contributed by atoms with E-state index in [1.807, 2.05) is 78.6 Å². The Kier molecular flexibility index (Phi) is 9.16. The average Bonchev–Trinajstić information content (AvgIpc) is 3.23. The minimum atomic E-state index is -1.24. The van der Waals surface area contributed by atoms with Gasteiger partial charge in [-0.05, 0) is 42.3 Å². The molecule has 1 aliphatic rings. The van der Waals surface area contributed by atoms with Gasteiger partial charge in [-0.1, -0.05) is 30.3 Å². The number of hydrogen-bond acceptors (Lipinski definition) is 7. The number of nitrogens with zero attached hydrogens (tertiary/aromatic N) is 4. The van der Waals surface area contributed by atoms with Gasteiger partial charge in [-0.2, -0.15) is 5.10 Å². The van der Waals surface area contributed by atoms with E-state index in [1.165, 1.54) is 7.11 Å². The number of hydrogen-bond donors (Lipinski definition) is 1. The Labute approximate surface area is 218 Å². The number of methoxy groups -OCH3 is 1. The minimum Gasteiger partial charge on any atom is -0.492 e. The predicted octanol–water partition coefficient (Wildman–Crippen LogP) is 2.37. The molecule has 1 atom stereocenters. The van der Waals surface area contributed by atoms with Crippen molar-refractivity contribution in [2.24, 2.45) is 0 Å². The number of aromatic nitrogens is 2. The van der Waals surface area contributed by atoms with Crippen LogP contribution in [0.2, 0.25) is 0 Å². The van der Waals surface area contributed by atoms with Crippen LogP contribution in [0.3, 0.4) is 0 Å². The van der Waals surface area contributed by atoms with Gasteiger partial charge in [0.2, 0.25) is 5.91 Å². The van der Waals surface area contributed by atoms with Crippen LogP contribution in [0.1, 0.15) is 11.1 Å². The molecule has 9 nitrogen and oxygen atoms in total. The Balaban J connectivity index is 1.40. The molecule has 2 aromatic carbocycles. The van der Waals surface area contributed by atoms with E-state index in [0.29, 0.717) is 45.1 Å². The Hall–Kier alpha value is -3.40. The van der Waals surface area contributed by atoms with Gasteiger partial charge < -0.3 is 24.2 Å². The number of rotatable bonds is 11. The maximum absolute atomic E-state index is 12.6. The molecule has 37 heavy (non-hydrogen) atoms. The third-order valence-electron chi connectivity index (χ3n) is 6.22. The van der Waals surface area contributed by atoms with Gasteiger partial charge in [0.25, 0.3) is 0 Å². The summed E-state index contributed by atoms with van der Waals surface area (Å²) in [5.74, 6) is 1.32. The standard InChI is InChI=1S/C28H36N4O5/c1-23-16-29-32(17-23)13-14-36-26-10-6-7-24(15-26)18-30-11-12-31(27(33)19-35-2)21-28(34,20-30)22-37-25-8-4-3-5-9-25/h3-10,15-17,34H,11-14,18-22H2,1-2H3. The van der Waals surface area contributed by atoms with Crippen LogP contribution >= 0.6 is 0 Å². The second-order valence-electron chi connectivity index (χ2n) is 9.56. The highest BCUT2D eigenvalue weighted by Gasteiger charge is 2.37. The maximum atomic E-state index is 12.6. The molecule has 2 heterocycles. The summed E-state index contributed by atoms with van der Waals surface area (Å²) in [6.45, 7) is 5.50. The Morgan fingerprint density at radius 2 is 1.86 bits per heavy atom. The third kappa shape index (κ3) is 8.04. The highest BCUT2D eigenvalue weighted by Crippen LogP contribution is 2.21. The summed E-state index contributed by atoms with van der Waals surface area (Å²) < 4.78 is 18.8. The van der Waals surface area contributed by atoms with Gasteiger partial charge in [0.05, 0.1) is 19.3 Å². The first-order chi connectivity index (χ1) is 17.9. The van der Waals surface area contributed by atoms with E-state index in [4.69, 9.17) is 14.2 Å². The van der Waals surface area contributed by atoms with E-state index < -0.39 is 5.60 Å². The second-order valence-corrected chi connectivity index (χ2v) is 9.56. The van der Waals surface area contributed by atoms with Crippen molar-refractivity contribution in [3.05, 3.63) is 78.1 Å². The van der Waals surface area contributed by atoms with Crippen molar-refractivity contribution in [2.45, 2.75) is 25.6 Å². The number of ether oxygens (including phenoxy) is 3. The number of amides is 1. The summed E-state index contributed by atoms with van der Waals surface area (Å²) in [6.07, 6.45) is 3.82. The molecule has 0 saturated carbocycles. The largest absolute Gasteiger partial charge is 0.492 e. The van der Waals surface area contributed by atoms with Gasteiger partial charge in [0.1, 0.15) is 36.9 Å². The number of aliphatic hydroxyl groups is 1. The van der Waals surface area contributed by atoms with Gasteiger partial charge >= 0.3 is 0 Å². The zero-order valence-corrected chi connectivity index (χ0v) is 21.6. The molecule has 1 amide bonds. The number of β-amino-alcohol motifs (C(OH)–C–C–N with tert-alkyl or cyclic N) is 1. The zero-order valence-electron chi connectivity index (χ0n) is 21.6. The fourth-order valence-electron chi connectivity index (χ4n) is 4.47. The van der Waals surface area contributed by atoms with Crippen LogP contribution in [0.15, 0.2) is 67.0 Å². The number of benzene rings is 2. The first-order valence-corrected chi connectivity index (χ1v) is 12.5. The molecule has 0 spiro atoms. The first-order valence-electron chi connectivity index (χ1n) is 12.5. The fourth-order valence-corrected chi connectivity index (χ4v) is 4.47. The molecule has 1 N–H and O–H groups in total. The summed E-state index contributed by atoms with van der Waals surface area (Å²) in [6, 6.07) is 17.4. The molecule has 0 aliphatic carbocycles. The number of aryl methyl sites for hydroxylation is 1. The van der Waals surface area contributed by atoms with Gasteiger partial charge in [0, 0.05) is 39.5 Å². The summed E-state index contributed by atoms with van der Waals surface area (Å²) in [7, 11) is 1.50. The van der Waals surface area contributed by atoms with Crippen molar-refractivity contribution in [3.8, 4) is 11.5 Å². The number of carbonyl (C=O) groups is 1. The van der Waals surface area contributed by atoms with Crippen LogP contribution in [0.4, 0.5) is 0 Å². The quantitative estimate of drug-likeness (QED) is 0.425. The topological polar surface area (TPSA) is 89.3 Å². The molecule has 1 fully saturated rings. The molecule has 1 aromatic heterocycles. The Morgan fingerprint density at radius 3 is 2.62 bits per heavy atom. The van der Waals surface area contributed by atoms with Crippen molar-refractivity contribution in [2.75, 3.05) is 53.1 Å². The van der Waals surface area contributed by atoms with Crippen molar-refractivity contribution >= 4 is 5.91 Å². The van der Waals surface area contributed by atoms with Crippen LogP contribution in [-0.4, -0.2) is 89.3 Å². The smallest absolute Gasteiger partial charge is 0.248 e. The second kappa shape index (κ2) is 12.7. The molecular formula is C28H36N4O5. The highest BCUT2D eigenvalue weighted by atomic mass is 16.5. The molecule has 0 radical (unpaired) electrons. The van der Waals surface area contributed by atoms with Crippen LogP contribution < -0.4 is 9.47 Å². The van der Waals surface area contributed by atoms with E-state index in [-0.39, 0.29) is 25.7 Å². The lowest BCUT2D eigenvalue weighted by molar-refractivity contribution is -0.138. The van der Waals surface area contributed by atoms with E-state index in [9.17, 15) is 9.90 Å². The van der Waals surface area contributed by atoms with Crippen molar-refractivity contribution in [1.82, 2.24) is 19.6 Å². The minimum absolute atomic E-state index is 0.0207. The molecule has 4 rings (SSSR count). The van der Waals surface area contributed by atoms with E-state index >= 15 is 0 Å². The fraction of sp³-hybridized carbons (Fsp3) is 0.429. The van der Waals surface area contributed by atoms with Crippen molar-refractivity contribution in [1.29, 1.82) is 0 Å². The van der Waals surface area contributed by atoms with Crippen LogP contribution in [0.5, 0.6) is 11.5 Å². The lowest BCUT2D eigenvalue weighted by Crippen LogP contribution is -2.52. The molecule has 1 saturated heterocycles. The van der Waals surface area contributed by atoms with Crippen LogP contribution in [-0.2, 0) is 22.6 Å². The summed E-state index contributed by atoms with van der Waals surface area (Å²) in [5, 5.41) is 15.9. The molecule has 1 unspecified atom stereocenters. The van der Waals surface area contributed by atoms with E-state index in [2.05, 4.69) is 10.00 Å². The van der Waals surface area contributed by atoms with Crippen LogP contribution in [0.25, 0.3) is 0 Å². The zero-order chi connectivity index (χ0) is 26.1. The highest BCUT2D eigenvalue weighted by molar-refractivity contribution is 5.77. The Bertz CT molecular complexity index is 1140. The van der Waals surface area contributed by atoms with Gasteiger partial charge in [0.15, 0.2) is 0 Å². The average molecular weight is 509 g/mol.